The molecule has 2 rings (SSSR count). The molecule has 1 fully saturated rings. The molecule has 2 heterocycles. The number of nitrogens with one attached hydrogen (secondary N) is 1. The van der Waals surface area contributed by atoms with Crippen LogP contribution in [0.4, 0.5) is 5.82 Å². The minimum absolute atomic E-state index is 0.150. The van der Waals surface area contributed by atoms with Crippen LogP contribution in [0.3, 0.4) is 0 Å². The number of rotatable bonds is 5. The predicted octanol–water partition coefficient (Wildman–Crippen LogP) is 0.527. The summed E-state index contributed by atoms with van der Waals surface area (Å²) in [6.45, 7) is 3.83. The molecule has 108 valence electrons. The Bertz CT molecular complexity index is 489. The molecule has 0 aliphatic carbocycles. The third-order valence-electron chi connectivity index (χ3n) is 3.29. The average molecular weight is 278 g/mol. The SMILES string of the molecule is CCNC(=O)c1ccc(N2CCC(CC(=O)O)C2)nn1. The minimum Gasteiger partial charge on any atom is -0.481 e. The van der Waals surface area contributed by atoms with E-state index in [1.54, 1.807) is 12.1 Å². The Morgan fingerprint density at radius 2 is 2.25 bits per heavy atom. The number of carboxylic acids is 1. The molecule has 1 aromatic rings. The third kappa shape index (κ3) is 3.43. The molecule has 0 saturated carbocycles. The van der Waals surface area contributed by atoms with Crippen LogP contribution < -0.4 is 10.2 Å². The van der Waals surface area contributed by atoms with Crippen molar-refractivity contribution in [2.45, 2.75) is 19.8 Å². The van der Waals surface area contributed by atoms with Gasteiger partial charge in [0, 0.05) is 26.1 Å². The molecular weight excluding hydrogens is 260 g/mol. The highest BCUT2D eigenvalue weighted by Crippen LogP contribution is 2.23. The fourth-order valence-corrected chi connectivity index (χ4v) is 2.32. The number of hydrogen-bond donors (Lipinski definition) is 2. The van der Waals surface area contributed by atoms with Crippen LogP contribution >= 0.6 is 0 Å². The molecule has 2 N–H and O–H groups in total. The van der Waals surface area contributed by atoms with Crippen molar-refractivity contribution in [3.8, 4) is 0 Å². The van der Waals surface area contributed by atoms with E-state index >= 15 is 0 Å². The van der Waals surface area contributed by atoms with Gasteiger partial charge in [-0.25, -0.2) is 0 Å². The summed E-state index contributed by atoms with van der Waals surface area (Å²) in [4.78, 5) is 24.2. The van der Waals surface area contributed by atoms with Crippen LogP contribution in [-0.2, 0) is 4.79 Å². The molecule has 0 spiro atoms. The number of aromatic nitrogens is 2. The van der Waals surface area contributed by atoms with Gasteiger partial charge >= 0.3 is 5.97 Å². The Balaban J connectivity index is 1.97. The van der Waals surface area contributed by atoms with Gasteiger partial charge in [0.2, 0.25) is 0 Å². The highest BCUT2D eigenvalue weighted by molar-refractivity contribution is 5.92. The molecule has 1 saturated heterocycles. The lowest BCUT2D eigenvalue weighted by Crippen LogP contribution is -2.25. The van der Waals surface area contributed by atoms with Crippen LogP contribution in [0, 0.1) is 5.92 Å². The lowest BCUT2D eigenvalue weighted by atomic mass is 10.1. The zero-order valence-electron chi connectivity index (χ0n) is 11.4. The Morgan fingerprint density at radius 1 is 1.45 bits per heavy atom. The number of anilines is 1. The molecule has 0 bridgehead atoms. The number of aliphatic carboxylic acids is 1. The largest absolute Gasteiger partial charge is 0.481 e. The molecule has 7 heteroatoms. The van der Waals surface area contributed by atoms with Crippen molar-refractivity contribution in [1.29, 1.82) is 0 Å². The van der Waals surface area contributed by atoms with E-state index < -0.39 is 5.97 Å². The van der Waals surface area contributed by atoms with Crippen LogP contribution in [0.15, 0.2) is 12.1 Å². The molecule has 1 amide bonds. The Labute approximate surface area is 117 Å². The molecule has 0 aromatic carbocycles. The summed E-state index contributed by atoms with van der Waals surface area (Å²) in [5, 5.41) is 19.4. The van der Waals surface area contributed by atoms with Crippen molar-refractivity contribution >= 4 is 17.7 Å². The van der Waals surface area contributed by atoms with E-state index in [0.717, 1.165) is 13.0 Å². The number of carbonyl (C=O) groups excluding carboxylic acids is 1. The van der Waals surface area contributed by atoms with E-state index in [1.807, 2.05) is 11.8 Å². The van der Waals surface area contributed by atoms with Gasteiger partial charge in [0.05, 0.1) is 0 Å². The van der Waals surface area contributed by atoms with Crippen molar-refractivity contribution in [2.75, 3.05) is 24.5 Å². The smallest absolute Gasteiger partial charge is 0.303 e. The number of carbonyl (C=O) groups is 2. The maximum absolute atomic E-state index is 11.6. The van der Waals surface area contributed by atoms with Gasteiger partial charge in [-0.05, 0) is 31.4 Å². The molecule has 1 aliphatic heterocycles. The van der Waals surface area contributed by atoms with Crippen molar-refractivity contribution in [1.82, 2.24) is 15.5 Å². The summed E-state index contributed by atoms with van der Waals surface area (Å²) >= 11 is 0. The lowest BCUT2D eigenvalue weighted by Gasteiger charge is -2.16. The normalized spacial score (nSPS) is 18.1. The first kappa shape index (κ1) is 14.2. The van der Waals surface area contributed by atoms with Crippen molar-refractivity contribution < 1.29 is 14.7 Å². The molecule has 1 aromatic heterocycles. The Morgan fingerprint density at radius 3 is 2.85 bits per heavy atom. The van der Waals surface area contributed by atoms with Crippen molar-refractivity contribution in [2.24, 2.45) is 5.92 Å². The van der Waals surface area contributed by atoms with Crippen LogP contribution in [0.1, 0.15) is 30.3 Å². The Hall–Kier alpha value is -2.18. The highest BCUT2D eigenvalue weighted by Gasteiger charge is 2.25. The monoisotopic (exact) mass is 278 g/mol. The van der Waals surface area contributed by atoms with Gasteiger partial charge in [-0.15, -0.1) is 10.2 Å². The molecule has 1 aliphatic rings. The molecule has 7 nitrogen and oxygen atoms in total. The first-order chi connectivity index (χ1) is 9.60. The summed E-state index contributed by atoms with van der Waals surface area (Å²) in [5.74, 6) is -0.172. The zero-order valence-corrected chi connectivity index (χ0v) is 11.4. The second kappa shape index (κ2) is 6.31. The summed E-state index contributed by atoms with van der Waals surface area (Å²) in [5.41, 5.74) is 0.289. The molecule has 0 radical (unpaired) electrons. The minimum atomic E-state index is -0.769. The van der Waals surface area contributed by atoms with Gasteiger partial charge in [0.25, 0.3) is 5.91 Å². The third-order valence-corrected chi connectivity index (χ3v) is 3.29. The van der Waals surface area contributed by atoms with Crippen LogP contribution in [-0.4, -0.2) is 46.8 Å². The van der Waals surface area contributed by atoms with Gasteiger partial charge in [-0.3, -0.25) is 9.59 Å². The van der Waals surface area contributed by atoms with E-state index in [1.165, 1.54) is 0 Å². The molecular formula is C13H18N4O3. The van der Waals surface area contributed by atoms with Gasteiger partial charge in [-0.1, -0.05) is 0 Å². The van der Waals surface area contributed by atoms with Crippen LogP contribution in [0.25, 0.3) is 0 Å². The number of amides is 1. The van der Waals surface area contributed by atoms with E-state index in [9.17, 15) is 9.59 Å². The molecule has 20 heavy (non-hydrogen) atoms. The van der Waals surface area contributed by atoms with Gasteiger partial charge < -0.3 is 15.3 Å². The number of nitrogens with zero attached hydrogens (tertiary/aromatic N) is 3. The standard InChI is InChI=1S/C13H18N4O3/c1-2-14-13(20)10-3-4-11(16-15-10)17-6-5-9(8-17)7-12(18)19/h3-4,9H,2,5-8H2,1H3,(H,14,20)(H,18,19). The first-order valence-corrected chi connectivity index (χ1v) is 6.68. The summed E-state index contributed by atoms with van der Waals surface area (Å²) in [6.07, 6.45) is 1.02. The Kier molecular flexibility index (Phi) is 4.49. The van der Waals surface area contributed by atoms with Gasteiger partial charge in [0.15, 0.2) is 11.5 Å². The topological polar surface area (TPSA) is 95.4 Å². The van der Waals surface area contributed by atoms with Gasteiger partial charge in [0.1, 0.15) is 0 Å². The second-order valence-corrected chi connectivity index (χ2v) is 4.83. The second-order valence-electron chi connectivity index (χ2n) is 4.83. The number of hydrogen-bond acceptors (Lipinski definition) is 5. The highest BCUT2D eigenvalue weighted by atomic mass is 16.4. The van der Waals surface area contributed by atoms with E-state index in [0.29, 0.717) is 18.9 Å². The number of carboxylic acid groups (broad SMARTS) is 1. The van der Waals surface area contributed by atoms with Crippen molar-refractivity contribution in [3.63, 3.8) is 0 Å². The van der Waals surface area contributed by atoms with Crippen LogP contribution in [0.5, 0.6) is 0 Å². The molecule has 1 atom stereocenters. The molecule has 1 unspecified atom stereocenters. The summed E-state index contributed by atoms with van der Waals surface area (Å²) in [7, 11) is 0. The fraction of sp³-hybridized carbons (Fsp3) is 0.538. The summed E-state index contributed by atoms with van der Waals surface area (Å²) < 4.78 is 0. The summed E-state index contributed by atoms with van der Waals surface area (Å²) in [6, 6.07) is 3.39. The van der Waals surface area contributed by atoms with Crippen molar-refractivity contribution in [3.05, 3.63) is 17.8 Å². The maximum Gasteiger partial charge on any atom is 0.303 e. The first-order valence-electron chi connectivity index (χ1n) is 6.68. The van der Waals surface area contributed by atoms with Gasteiger partial charge in [-0.2, -0.15) is 0 Å². The van der Waals surface area contributed by atoms with E-state index in [2.05, 4.69) is 15.5 Å². The average Bonchev–Trinajstić information content (AvgIpc) is 2.87. The quantitative estimate of drug-likeness (QED) is 0.815. The zero-order chi connectivity index (χ0) is 14.5. The lowest BCUT2D eigenvalue weighted by molar-refractivity contribution is -0.137. The van der Waals surface area contributed by atoms with Crippen LogP contribution in [0.2, 0.25) is 0 Å². The van der Waals surface area contributed by atoms with E-state index in [4.69, 9.17) is 5.11 Å². The maximum atomic E-state index is 11.6. The predicted molar refractivity (Wildman–Crippen MR) is 72.6 cm³/mol. The fourth-order valence-electron chi connectivity index (χ4n) is 2.32. The van der Waals surface area contributed by atoms with E-state index in [-0.39, 0.29) is 23.9 Å².